The second-order valence-electron chi connectivity index (χ2n) is 8.94. The lowest BCUT2D eigenvalue weighted by Gasteiger charge is -2.62. The smallest absolute Gasteiger partial charge is 0.254 e. The zero-order valence-electron chi connectivity index (χ0n) is 16.4. The number of ketones is 1. The largest absolute Gasteiger partial charge is 0.481 e. The molecule has 1 spiro atoms. The highest BCUT2D eigenvalue weighted by atomic mass is 16.5. The molecule has 4 aliphatic rings. The number of Topliss-reactive ketones (excluding diaryl/α,β-unsaturated/α-hetero) is 1. The number of carbonyl (C=O) groups is 2. The molecule has 5 nitrogen and oxygen atoms in total. The van der Waals surface area contributed by atoms with E-state index in [1.807, 2.05) is 48.2 Å². The Morgan fingerprint density at radius 1 is 1.17 bits per heavy atom. The van der Waals surface area contributed by atoms with Gasteiger partial charge >= 0.3 is 0 Å². The van der Waals surface area contributed by atoms with Crippen molar-refractivity contribution in [1.82, 2.24) is 4.90 Å². The Balaban J connectivity index is 1.54. The van der Waals surface area contributed by atoms with Crippen LogP contribution < -0.4 is 4.74 Å². The lowest BCUT2D eigenvalue weighted by molar-refractivity contribution is -0.181. The maximum atomic E-state index is 13.4. The molecule has 0 unspecified atom stereocenters. The van der Waals surface area contributed by atoms with Gasteiger partial charge in [-0.15, -0.1) is 0 Å². The minimum atomic E-state index is -1.15. The van der Waals surface area contributed by atoms with Crippen LogP contribution in [0.1, 0.15) is 46.3 Å². The van der Waals surface area contributed by atoms with Crippen LogP contribution in [0.2, 0.25) is 0 Å². The fraction of sp³-hybridized carbons (Fsp3) is 0.417. The van der Waals surface area contributed by atoms with Crippen molar-refractivity contribution < 1.29 is 19.4 Å². The first-order chi connectivity index (χ1) is 14.0. The van der Waals surface area contributed by atoms with Gasteiger partial charge in [0.1, 0.15) is 5.75 Å². The summed E-state index contributed by atoms with van der Waals surface area (Å²) in [5, 5.41) is 12.2. The molecule has 0 radical (unpaired) electrons. The lowest BCUT2D eigenvalue weighted by atomic mass is 9.49. The Kier molecular flexibility index (Phi) is 3.25. The highest BCUT2D eigenvalue weighted by Crippen LogP contribution is 2.63. The van der Waals surface area contributed by atoms with E-state index in [4.69, 9.17) is 4.74 Å². The quantitative estimate of drug-likeness (QED) is 0.814. The number of amides is 1. The SMILES string of the molecule is Cc1ccc2c3c1O[C@@H]1C(=O)CC[C@]4(O)[C@H](C2)N(C(=O)c2ccccc2)CC[C@@]314. The van der Waals surface area contributed by atoms with Gasteiger partial charge in [-0.05, 0) is 49.4 Å². The molecule has 0 aromatic heterocycles. The normalized spacial score (nSPS) is 33.9. The maximum absolute atomic E-state index is 13.4. The van der Waals surface area contributed by atoms with Crippen LogP contribution in [0.15, 0.2) is 42.5 Å². The minimum absolute atomic E-state index is 0.0537. The zero-order chi connectivity index (χ0) is 20.0. The highest BCUT2D eigenvalue weighted by Gasteiger charge is 2.73. The average Bonchev–Trinajstić information content (AvgIpc) is 3.09. The van der Waals surface area contributed by atoms with E-state index in [1.54, 1.807) is 0 Å². The first-order valence-electron chi connectivity index (χ1n) is 10.4. The molecule has 148 valence electrons. The standard InChI is InChI=1S/C24H23NO4/c1-14-7-8-16-13-18-24(28)10-9-17(26)21-23(24,19(16)20(14)29-21)11-12-25(18)22(27)15-5-3-2-4-6-15/h2-8,18,21,28H,9-13H2,1H3/t18-,21+,23+,24-/m0/s1. The monoisotopic (exact) mass is 389 g/mol. The highest BCUT2D eigenvalue weighted by molar-refractivity contribution is 5.95. The van der Waals surface area contributed by atoms with E-state index in [2.05, 4.69) is 6.07 Å². The molecule has 2 aromatic rings. The Labute approximate surface area is 169 Å². The number of aliphatic hydroxyl groups is 1. The van der Waals surface area contributed by atoms with Crippen molar-refractivity contribution in [3.63, 3.8) is 0 Å². The Bertz CT molecular complexity index is 1060. The summed E-state index contributed by atoms with van der Waals surface area (Å²) in [4.78, 5) is 28.1. The summed E-state index contributed by atoms with van der Waals surface area (Å²) in [6, 6.07) is 13.0. The summed E-state index contributed by atoms with van der Waals surface area (Å²) in [6.45, 7) is 2.51. The van der Waals surface area contributed by atoms with Crippen molar-refractivity contribution >= 4 is 11.7 Å². The number of rotatable bonds is 1. The number of likely N-dealkylation sites (tertiary alicyclic amines) is 1. The molecule has 2 aliphatic heterocycles. The van der Waals surface area contributed by atoms with Crippen molar-refractivity contribution in [3.8, 4) is 5.75 Å². The number of piperidine rings is 1. The van der Waals surface area contributed by atoms with E-state index in [9.17, 15) is 14.7 Å². The van der Waals surface area contributed by atoms with Gasteiger partial charge in [0.2, 0.25) is 0 Å². The molecule has 6 rings (SSSR count). The number of benzene rings is 2. The van der Waals surface area contributed by atoms with Crippen molar-refractivity contribution in [1.29, 1.82) is 0 Å². The number of aryl methyl sites for hydroxylation is 1. The summed E-state index contributed by atoms with van der Waals surface area (Å²) in [5.74, 6) is 0.796. The van der Waals surface area contributed by atoms with Gasteiger partial charge in [-0.2, -0.15) is 0 Å². The molecule has 2 heterocycles. The van der Waals surface area contributed by atoms with Gasteiger partial charge in [-0.1, -0.05) is 30.3 Å². The molecule has 2 fully saturated rings. The topological polar surface area (TPSA) is 66.8 Å². The molecule has 1 saturated carbocycles. The van der Waals surface area contributed by atoms with Gasteiger partial charge in [0, 0.05) is 24.1 Å². The van der Waals surface area contributed by atoms with Gasteiger partial charge in [0.15, 0.2) is 11.9 Å². The van der Waals surface area contributed by atoms with Crippen LogP contribution >= 0.6 is 0 Å². The van der Waals surface area contributed by atoms with Crippen molar-refractivity contribution in [2.75, 3.05) is 6.54 Å². The zero-order valence-corrected chi connectivity index (χ0v) is 16.4. The number of carbonyl (C=O) groups excluding carboxylic acids is 2. The van der Waals surface area contributed by atoms with Crippen LogP contribution in [-0.4, -0.2) is 46.0 Å². The molecule has 1 N–H and O–H groups in total. The minimum Gasteiger partial charge on any atom is -0.481 e. The van der Waals surface area contributed by atoms with E-state index in [1.165, 1.54) is 0 Å². The summed E-state index contributed by atoms with van der Waals surface area (Å²) < 4.78 is 6.25. The second kappa shape index (κ2) is 5.48. The van der Waals surface area contributed by atoms with Crippen molar-refractivity contribution in [3.05, 3.63) is 64.7 Å². The number of hydrogen-bond donors (Lipinski definition) is 1. The van der Waals surface area contributed by atoms with E-state index >= 15 is 0 Å². The van der Waals surface area contributed by atoms with E-state index in [-0.39, 0.29) is 24.2 Å². The van der Waals surface area contributed by atoms with Crippen molar-refractivity contribution in [2.24, 2.45) is 0 Å². The third-order valence-corrected chi connectivity index (χ3v) is 7.76. The summed E-state index contributed by atoms with van der Waals surface area (Å²) in [5.41, 5.74) is 1.87. The fourth-order valence-corrected chi connectivity index (χ4v) is 6.46. The first-order valence-corrected chi connectivity index (χ1v) is 10.4. The summed E-state index contributed by atoms with van der Waals surface area (Å²) in [7, 11) is 0. The number of nitrogens with zero attached hydrogens (tertiary/aromatic N) is 1. The van der Waals surface area contributed by atoms with Gasteiger partial charge < -0.3 is 14.7 Å². The molecule has 4 atom stereocenters. The predicted molar refractivity (Wildman–Crippen MR) is 106 cm³/mol. The van der Waals surface area contributed by atoms with Gasteiger partial charge in [0.05, 0.1) is 17.1 Å². The lowest BCUT2D eigenvalue weighted by Crippen LogP contribution is -2.77. The Hall–Kier alpha value is -2.66. The third kappa shape index (κ3) is 1.90. The molecule has 29 heavy (non-hydrogen) atoms. The molecule has 1 amide bonds. The van der Waals surface area contributed by atoms with Crippen LogP contribution in [0.5, 0.6) is 5.75 Å². The van der Waals surface area contributed by atoms with Crippen molar-refractivity contribution in [2.45, 2.75) is 55.8 Å². The van der Waals surface area contributed by atoms with Crippen LogP contribution in [0.25, 0.3) is 0 Å². The Morgan fingerprint density at radius 2 is 1.97 bits per heavy atom. The maximum Gasteiger partial charge on any atom is 0.254 e. The van der Waals surface area contributed by atoms with Gasteiger partial charge in [-0.25, -0.2) is 0 Å². The second-order valence-corrected chi connectivity index (χ2v) is 8.94. The Morgan fingerprint density at radius 3 is 2.76 bits per heavy atom. The molecule has 2 aromatic carbocycles. The molecule has 2 bridgehead atoms. The summed E-state index contributed by atoms with van der Waals surface area (Å²) >= 11 is 0. The van der Waals surface area contributed by atoms with Gasteiger partial charge in [0.25, 0.3) is 5.91 Å². The molecular formula is C24H23NO4. The molecule has 1 saturated heterocycles. The molecular weight excluding hydrogens is 366 g/mol. The molecule has 2 aliphatic carbocycles. The van der Waals surface area contributed by atoms with E-state index in [0.29, 0.717) is 31.4 Å². The van der Waals surface area contributed by atoms with Gasteiger partial charge in [-0.3, -0.25) is 9.59 Å². The van der Waals surface area contributed by atoms with Crippen LogP contribution in [-0.2, 0) is 16.6 Å². The van der Waals surface area contributed by atoms with Crippen LogP contribution in [0, 0.1) is 6.92 Å². The van der Waals surface area contributed by atoms with E-state index < -0.39 is 17.1 Å². The molecule has 5 heteroatoms. The third-order valence-electron chi connectivity index (χ3n) is 7.76. The van der Waals surface area contributed by atoms with Crippen LogP contribution in [0.4, 0.5) is 0 Å². The first kappa shape index (κ1) is 17.2. The van der Waals surface area contributed by atoms with Crippen LogP contribution in [0.3, 0.4) is 0 Å². The number of ether oxygens (including phenoxy) is 1. The summed E-state index contributed by atoms with van der Waals surface area (Å²) in [6.07, 6.45) is 1.15. The van der Waals surface area contributed by atoms with E-state index in [0.717, 1.165) is 22.4 Å². The number of hydrogen-bond acceptors (Lipinski definition) is 4. The fourth-order valence-electron chi connectivity index (χ4n) is 6.46. The predicted octanol–water partition coefficient (Wildman–Crippen LogP) is 2.56. The average molecular weight is 389 g/mol.